The maximum Gasteiger partial charge on any atom is 0.192 e. The third-order valence-electron chi connectivity index (χ3n) is 2.10. The van der Waals surface area contributed by atoms with Gasteiger partial charge in [-0.3, -0.25) is 4.79 Å². The van der Waals surface area contributed by atoms with Crippen molar-refractivity contribution < 1.29 is 14.3 Å². The highest BCUT2D eigenvalue weighted by Crippen LogP contribution is 2.23. The van der Waals surface area contributed by atoms with Gasteiger partial charge in [0.15, 0.2) is 5.78 Å². The van der Waals surface area contributed by atoms with Crippen LogP contribution in [0.1, 0.15) is 31.1 Å². The molecule has 1 aromatic rings. The summed E-state index contributed by atoms with van der Waals surface area (Å²) in [5, 5.41) is 0.505. The van der Waals surface area contributed by atoms with Gasteiger partial charge >= 0.3 is 0 Å². The van der Waals surface area contributed by atoms with Crippen molar-refractivity contribution >= 4 is 17.4 Å². The third kappa shape index (κ3) is 4.36. The molecule has 1 aromatic carbocycles. The fraction of sp³-hybridized carbons (Fsp3) is 0.462. The van der Waals surface area contributed by atoms with E-state index in [0.29, 0.717) is 16.3 Å². The minimum Gasteiger partial charge on any atom is -0.496 e. The molecule has 0 radical (unpaired) electrons. The van der Waals surface area contributed by atoms with E-state index in [1.807, 2.05) is 20.8 Å². The maximum atomic E-state index is 12.0. The lowest BCUT2D eigenvalue weighted by molar-refractivity contribution is 0.00296. The predicted octanol–water partition coefficient (Wildman–Crippen LogP) is 3.35. The van der Waals surface area contributed by atoms with Crippen LogP contribution in [0.4, 0.5) is 0 Å². The first-order chi connectivity index (χ1) is 7.83. The van der Waals surface area contributed by atoms with Gasteiger partial charge in [-0.1, -0.05) is 11.6 Å². The van der Waals surface area contributed by atoms with Crippen LogP contribution < -0.4 is 4.74 Å². The van der Waals surface area contributed by atoms with Gasteiger partial charge in [0.1, 0.15) is 12.4 Å². The first kappa shape index (κ1) is 14.0. The Labute approximate surface area is 107 Å². The van der Waals surface area contributed by atoms with Gasteiger partial charge < -0.3 is 9.47 Å². The highest BCUT2D eigenvalue weighted by atomic mass is 35.5. The van der Waals surface area contributed by atoms with Crippen molar-refractivity contribution in [2.24, 2.45) is 0 Å². The molecule has 0 aliphatic carbocycles. The van der Waals surface area contributed by atoms with Gasteiger partial charge in [-0.15, -0.1) is 0 Å². The highest BCUT2D eigenvalue weighted by Gasteiger charge is 2.17. The maximum absolute atomic E-state index is 12.0. The van der Waals surface area contributed by atoms with Gasteiger partial charge in [-0.25, -0.2) is 0 Å². The minimum absolute atomic E-state index is 0.0141. The van der Waals surface area contributed by atoms with Crippen molar-refractivity contribution in [2.45, 2.75) is 26.4 Å². The summed E-state index contributed by atoms with van der Waals surface area (Å²) >= 11 is 5.86. The molecule has 0 aliphatic heterocycles. The van der Waals surface area contributed by atoms with Crippen molar-refractivity contribution in [3.63, 3.8) is 0 Å². The quantitative estimate of drug-likeness (QED) is 0.775. The van der Waals surface area contributed by atoms with Crippen LogP contribution in [0, 0.1) is 0 Å². The Morgan fingerprint density at radius 3 is 2.53 bits per heavy atom. The molecule has 0 spiro atoms. The average Bonchev–Trinajstić information content (AvgIpc) is 2.25. The Kier molecular flexibility index (Phi) is 4.54. The fourth-order valence-electron chi connectivity index (χ4n) is 1.26. The smallest absolute Gasteiger partial charge is 0.192 e. The molecule has 3 nitrogen and oxygen atoms in total. The second-order valence-corrected chi connectivity index (χ2v) is 5.11. The van der Waals surface area contributed by atoms with Gasteiger partial charge in [-0.05, 0) is 39.0 Å². The lowest BCUT2D eigenvalue weighted by atomic mass is 10.1. The van der Waals surface area contributed by atoms with Crippen LogP contribution in [-0.4, -0.2) is 25.1 Å². The lowest BCUT2D eigenvalue weighted by Gasteiger charge is -2.19. The van der Waals surface area contributed by atoms with E-state index in [9.17, 15) is 4.79 Å². The molecule has 1 rings (SSSR count). The summed E-state index contributed by atoms with van der Waals surface area (Å²) in [7, 11) is 1.52. The van der Waals surface area contributed by atoms with E-state index < -0.39 is 0 Å². The van der Waals surface area contributed by atoms with E-state index in [2.05, 4.69) is 0 Å². The molecule has 17 heavy (non-hydrogen) atoms. The number of benzene rings is 1. The van der Waals surface area contributed by atoms with Crippen molar-refractivity contribution in [1.82, 2.24) is 0 Å². The van der Waals surface area contributed by atoms with Gasteiger partial charge in [0, 0.05) is 5.02 Å². The Bertz CT molecular complexity index is 408. The molecule has 94 valence electrons. The Balaban J connectivity index is 2.84. The summed E-state index contributed by atoms with van der Waals surface area (Å²) in [5.41, 5.74) is 0.103. The van der Waals surface area contributed by atoms with Gasteiger partial charge in [0.05, 0.1) is 18.3 Å². The summed E-state index contributed by atoms with van der Waals surface area (Å²) in [4.78, 5) is 12.0. The van der Waals surface area contributed by atoms with Gasteiger partial charge in [-0.2, -0.15) is 0 Å². The number of halogens is 1. The molecule has 0 saturated carbocycles. The minimum atomic E-state index is -0.346. The molecular formula is C13H17ClO3. The van der Waals surface area contributed by atoms with Crippen molar-refractivity contribution in [3.05, 3.63) is 28.8 Å². The van der Waals surface area contributed by atoms with Crippen molar-refractivity contribution in [1.29, 1.82) is 0 Å². The van der Waals surface area contributed by atoms with E-state index in [-0.39, 0.29) is 18.0 Å². The molecule has 0 saturated heterocycles. The third-order valence-corrected chi connectivity index (χ3v) is 2.33. The topological polar surface area (TPSA) is 35.5 Å². The SMILES string of the molecule is COc1ccc(Cl)cc1C(=O)COC(C)(C)C. The molecule has 4 heteroatoms. The van der Waals surface area contributed by atoms with Gasteiger partial charge in [0.2, 0.25) is 0 Å². The number of hydrogen-bond donors (Lipinski definition) is 0. The number of hydrogen-bond acceptors (Lipinski definition) is 3. The summed E-state index contributed by atoms with van der Waals surface area (Å²) < 4.78 is 10.6. The standard InChI is InChI=1S/C13H17ClO3/c1-13(2,3)17-8-11(15)10-7-9(14)5-6-12(10)16-4/h5-7H,8H2,1-4H3. The number of Topliss-reactive ketones (excluding diaryl/α,β-unsaturated/α-hetero) is 1. The van der Waals surface area contributed by atoms with Crippen LogP contribution in [-0.2, 0) is 4.74 Å². The molecule has 0 fully saturated rings. The van der Waals surface area contributed by atoms with Crippen molar-refractivity contribution in [3.8, 4) is 5.75 Å². The first-order valence-corrected chi connectivity index (χ1v) is 5.72. The highest BCUT2D eigenvalue weighted by molar-refractivity contribution is 6.31. The second-order valence-electron chi connectivity index (χ2n) is 4.67. The molecule has 0 heterocycles. The van der Waals surface area contributed by atoms with Crippen LogP contribution in [0.25, 0.3) is 0 Å². The summed E-state index contributed by atoms with van der Waals surface area (Å²) in [6.07, 6.45) is 0. The number of carbonyl (C=O) groups excluding carboxylic acids is 1. The summed E-state index contributed by atoms with van der Waals surface area (Å²) in [5.74, 6) is 0.371. The lowest BCUT2D eigenvalue weighted by Crippen LogP contribution is -2.23. The number of methoxy groups -OCH3 is 1. The first-order valence-electron chi connectivity index (χ1n) is 5.34. The molecule has 0 aliphatic rings. The van der Waals surface area contributed by atoms with Crippen molar-refractivity contribution in [2.75, 3.05) is 13.7 Å². The molecule has 0 N–H and O–H groups in total. The van der Waals surface area contributed by atoms with Gasteiger partial charge in [0.25, 0.3) is 0 Å². The van der Waals surface area contributed by atoms with Crippen LogP contribution in [0.3, 0.4) is 0 Å². The molecule has 0 amide bonds. The summed E-state index contributed by atoms with van der Waals surface area (Å²) in [6.45, 7) is 5.71. The number of ketones is 1. The number of carbonyl (C=O) groups is 1. The predicted molar refractivity (Wildman–Crippen MR) is 68.0 cm³/mol. The molecule has 0 bridgehead atoms. The zero-order valence-electron chi connectivity index (χ0n) is 10.5. The van der Waals surface area contributed by atoms with Crippen LogP contribution in [0.5, 0.6) is 5.75 Å². The van der Waals surface area contributed by atoms with E-state index in [0.717, 1.165) is 0 Å². The molecule has 0 aromatic heterocycles. The van der Waals surface area contributed by atoms with E-state index in [4.69, 9.17) is 21.1 Å². The molecule has 0 unspecified atom stereocenters. The number of rotatable bonds is 4. The molecule has 0 atom stereocenters. The Hall–Kier alpha value is -1.06. The van der Waals surface area contributed by atoms with E-state index in [1.54, 1.807) is 18.2 Å². The molecular weight excluding hydrogens is 240 g/mol. The van der Waals surface area contributed by atoms with E-state index >= 15 is 0 Å². The average molecular weight is 257 g/mol. The van der Waals surface area contributed by atoms with Crippen LogP contribution in [0.15, 0.2) is 18.2 Å². The number of ether oxygens (including phenoxy) is 2. The Morgan fingerprint density at radius 1 is 1.35 bits per heavy atom. The summed E-state index contributed by atoms with van der Waals surface area (Å²) in [6, 6.07) is 4.95. The largest absolute Gasteiger partial charge is 0.496 e. The van der Waals surface area contributed by atoms with Crippen LogP contribution in [0.2, 0.25) is 5.02 Å². The zero-order chi connectivity index (χ0) is 13.1. The monoisotopic (exact) mass is 256 g/mol. The van der Waals surface area contributed by atoms with Crippen LogP contribution >= 0.6 is 11.6 Å². The fourth-order valence-corrected chi connectivity index (χ4v) is 1.43. The Morgan fingerprint density at radius 2 is 2.00 bits per heavy atom. The van der Waals surface area contributed by atoms with E-state index in [1.165, 1.54) is 7.11 Å². The second kappa shape index (κ2) is 5.52. The zero-order valence-corrected chi connectivity index (χ0v) is 11.3. The normalized spacial score (nSPS) is 11.4.